The summed E-state index contributed by atoms with van der Waals surface area (Å²) in [5, 5.41) is 14.3. The van der Waals surface area contributed by atoms with Crippen LogP contribution < -0.4 is 9.62 Å². The van der Waals surface area contributed by atoms with E-state index in [1.165, 1.54) is 34.3 Å². The maximum absolute atomic E-state index is 13.4. The van der Waals surface area contributed by atoms with Crippen molar-refractivity contribution in [2.75, 3.05) is 28.5 Å². The molecule has 0 radical (unpaired) electrons. The lowest BCUT2D eigenvalue weighted by atomic mass is 10.2. The molecule has 5 rings (SSSR count). The first-order valence-electron chi connectivity index (χ1n) is 12.8. The average molecular weight is 618 g/mol. The van der Waals surface area contributed by atoms with Crippen molar-refractivity contribution >= 4 is 62.0 Å². The van der Waals surface area contributed by atoms with Crippen molar-refractivity contribution in [3.05, 3.63) is 71.1 Å². The molecule has 0 unspecified atom stereocenters. The number of rotatable bonds is 11. The van der Waals surface area contributed by atoms with E-state index in [1.54, 1.807) is 42.5 Å². The molecule has 2 aromatic carbocycles. The largest absolute Gasteiger partial charge is 0.376 e. The van der Waals surface area contributed by atoms with Crippen molar-refractivity contribution in [2.45, 2.75) is 42.5 Å². The number of aromatic nitrogens is 3. The molecule has 1 fully saturated rings. The molecule has 0 aliphatic carbocycles. The second-order valence-electron chi connectivity index (χ2n) is 9.01. The van der Waals surface area contributed by atoms with Crippen LogP contribution in [-0.2, 0) is 26.1 Å². The van der Waals surface area contributed by atoms with Crippen molar-refractivity contribution in [2.24, 2.45) is 0 Å². The molecule has 0 saturated carbocycles. The maximum atomic E-state index is 13.4. The number of anilines is 2. The van der Waals surface area contributed by atoms with Gasteiger partial charge in [-0.3, -0.25) is 13.7 Å². The first-order chi connectivity index (χ1) is 19.4. The third-order valence-corrected chi connectivity index (χ3v) is 10.4. The number of ether oxygens (including phenoxy) is 1. The van der Waals surface area contributed by atoms with Crippen molar-refractivity contribution in [1.29, 1.82) is 0 Å². The molecule has 3 heterocycles. The van der Waals surface area contributed by atoms with Gasteiger partial charge in [0.2, 0.25) is 5.91 Å². The Hall–Kier alpha value is -2.90. The summed E-state index contributed by atoms with van der Waals surface area (Å²) >= 11 is 9.18. The summed E-state index contributed by atoms with van der Waals surface area (Å²) in [6, 6.07) is 17.1. The van der Waals surface area contributed by atoms with Gasteiger partial charge in [0.25, 0.3) is 10.0 Å². The van der Waals surface area contributed by atoms with E-state index in [1.807, 2.05) is 28.1 Å². The Kier molecular flexibility index (Phi) is 9.11. The minimum absolute atomic E-state index is 0.0300. The molecule has 13 heteroatoms. The van der Waals surface area contributed by atoms with E-state index in [0.29, 0.717) is 17.4 Å². The van der Waals surface area contributed by atoms with Crippen LogP contribution in [0.5, 0.6) is 0 Å². The number of nitrogens with one attached hydrogen (secondary N) is 1. The van der Waals surface area contributed by atoms with Crippen LogP contribution in [0.2, 0.25) is 5.02 Å². The van der Waals surface area contributed by atoms with E-state index in [2.05, 4.69) is 15.5 Å². The Morgan fingerprint density at radius 3 is 2.73 bits per heavy atom. The van der Waals surface area contributed by atoms with Gasteiger partial charge in [0, 0.05) is 13.2 Å². The number of hydrogen-bond acceptors (Lipinski definition) is 8. The number of hydrogen-bond donors (Lipinski definition) is 1. The molecule has 1 atom stereocenters. The molecule has 1 aliphatic rings. The van der Waals surface area contributed by atoms with Crippen LogP contribution >= 0.6 is 34.7 Å². The third kappa shape index (κ3) is 6.36. The normalized spacial score (nSPS) is 15.3. The molecule has 0 bridgehead atoms. The molecule has 1 saturated heterocycles. The summed E-state index contributed by atoms with van der Waals surface area (Å²) in [4.78, 5) is 14.0. The molecule has 1 aliphatic heterocycles. The highest BCUT2D eigenvalue weighted by Gasteiger charge is 2.25. The molecule has 210 valence electrons. The average Bonchev–Trinajstić information content (AvgIpc) is 3.73. The zero-order chi connectivity index (χ0) is 28.1. The summed E-state index contributed by atoms with van der Waals surface area (Å²) in [6.07, 6.45) is 2.05. The smallest absolute Gasteiger partial charge is 0.264 e. The third-order valence-electron chi connectivity index (χ3n) is 6.33. The van der Waals surface area contributed by atoms with Gasteiger partial charge in [0.15, 0.2) is 11.0 Å². The Morgan fingerprint density at radius 1 is 1.20 bits per heavy atom. The second-order valence-corrected chi connectivity index (χ2v) is 13.2. The fourth-order valence-electron chi connectivity index (χ4n) is 4.43. The van der Waals surface area contributed by atoms with Crippen LogP contribution in [0, 0.1) is 0 Å². The van der Waals surface area contributed by atoms with Gasteiger partial charge in [0.1, 0.15) is 0 Å². The standard InChI is InChI=1S/C27H28ClN5O4S3/c1-2-33(19-8-4-3-5-9-19)40(35,36)21-12-13-22(28)23(16-21)29-25(34)18-39-27-31-30-26(24-11-7-15-38-24)32(27)17-20-10-6-14-37-20/h3-5,7-9,11-13,15-16,20H,2,6,10,14,17-18H2,1H3,(H,29,34)/t20-/m1/s1. The number of thiophene rings is 1. The zero-order valence-corrected chi connectivity index (χ0v) is 24.9. The summed E-state index contributed by atoms with van der Waals surface area (Å²) in [5.74, 6) is 0.432. The topological polar surface area (TPSA) is 106 Å². The first-order valence-corrected chi connectivity index (χ1v) is 16.4. The Labute approximate surface area is 246 Å². The molecular weight excluding hydrogens is 590 g/mol. The van der Waals surface area contributed by atoms with Crippen molar-refractivity contribution in [3.8, 4) is 10.7 Å². The monoisotopic (exact) mass is 617 g/mol. The fraction of sp³-hybridized carbons (Fsp3) is 0.296. The van der Waals surface area contributed by atoms with E-state index in [4.69, 9.17) is 16.3 Å². The minimum atomic E-state index is -3.88. The van der Waals surface area contributed by atoms with Crippen LogP contribution in [0.3, 0.4) is 0 Å². The summed E-state index contributed by atoms with van der Waals surface area (Å²) in [5.41, 5.74) is 0.772. The lowest BCUT2D eigenvalue weighted by Gasteiger charge is -2.23. The Morgan fingerprint density at radius 2 is 2.02 bits per heavy atom. The first kappa shape index (κ1) is 28.6. The van der Waals surface area contributed by atoms with Crippen LogP contribution in [0.1, 0.15) is 19.8 Å². The number of para-hydroxylation sites is 1. The van der Waals surface area contributed by atoms with Gasteiger partial charge < -0.3 is 10.1 Å². The summed E-state index contributed by atoms with van der Waals surface area (Å²) in [6.45, 7) is 3.35. The number of amides is 1. The molecule has 1 amide bonds. The van der Waals surface area contributed by atoms with Gasteiger partial charge in [-0.1, -0.05) is 47.6 Å². The lowest BCUT2D eigenvalue weighted by molar-refractivity contribution is -0.113. The number of sulfonamides is 1. The lowest BCUT2D eigenvalue weighted by Crippen LogP contribution is -2.30. The highest BCUT2D eigenvalue weighted by molar-refractivity contribution is 7.99. The van der Waals surface area contributed by atoms with Gasteiger partial charge >= 0.3 is 0 Å². The number of carbonyl (C=O) groups excluding carboxylic acids is 1. The molecule has 4 aromatic rings. The molecule has 1 N–H and O–H groups in total. The molecule has 9 nitrogen and oxygen atoms in total. The zero-order valence-electron chi connectivity index (χ0n) is 21.7. The van der Waals surface area contributed by atoms with Crippen LogP contribution in [0.15, 0.2) is 76.1 Å². The number of carbonyl (C=O) groups is 1. The quantitative estimate of drug-likeness (QED) is 0.213. The number of halogens is 1. The number of thioether (sulfide) groups is 1. The second kappa shape index (κ2) is 12.7. The molecule has 2 aromatic heterocycles. The van der Waals surface area contributed by atoms with E-state index >= 15 is 0 Å². The van der Waals surface area contributed by atoms with Gasteiger partial charge in [-0.15, -0.1) is 21.5 Å². The van der Waals surface area contributed by atoms with Crippen LogP contribution in [0.4, 0.5) is 11.4 Å². The predicted molar refractivity (Wildman–Crippen MR) is 160 cm³/mol. The summed E-state index contributed by atoms with van der Waals surface area (Å²) < 4.78 is 36.0. The van der Waals surface area contributed by atoms with Crippen molar-refractivity contribution < 1.29 is 17.9 Å². The number of nitrogens with zero attached hydrogens (tertiary/aromatic N) is 4. The highest BCUT2D eigenvalue weighted by atomic mass is 35.5. The molecular formula is C27H28ClN5O4S3. The highest BCUT2D eigenvalue weighted by Crippen LogP contribution is 2.31. The van der Waals surface area contributed by atoms with E-state index < -0.39 is 10.0 Å². The Balaban J connectivity index is 1.31. The number of benzene rings is 2. The van der Waals surface area contributed by atoms with Gasteiger partial charge in [-0.2, -0.15) is 0 Å². The van der Waals surface area contributed by atoms with Crippen molar-refractivity contribution in [3.63, 3.8) is 0 Å². The van der Waals surface area contributed by atoms with E-state index in [0.717, 1.165) is 30.2 Å². The van der Waals surface area contributed by atoms with Gasteiger partial charge in [-0.05, 0) is 61.5 Å². The van der Waals surface area contributed by atoms with Crippen LogP contribution in [0.25, 0.3) is 10.7 Å². The van der Waals surface area contributed by atoms with E-state index in [-0.39, 0.29) is 39.9 Å². The minimum Gasteiger partial charge on any atom is -0.376 e. The van der Waals surface area contributed by atoms with Crippen molar-refractivity contribution in [1.82, 2.24) is 14.8 Å². The summed E-state index contributed by atoms with van der Waals surface area (Å²) in [7, 11) is -3.88. The molecule has 40 heavy (non-hydrogen) atoms. The Bertz CT molecular complexity index is 1560. The maximum Gasteiger partial charge on any atom is 0.264 e. The van der Waals surface area contributed by atoms with Gasteiger partial charge in [-0.25, -0.2) is 8.42 Å². The molecule has 0 spiro atoms. The van der Waals surface area contributed by atoms with Crippen LogP contribution in [-0.4, -0.2) is 54.1 Å². The predicted octanol–water partition coefficient (Wildman–Crippen LogP) is 5.79. The van der Waals surface area contributed by atoms with E-state index in [9.17, 15) is 13.2 Å². The SMILES string of the molecule is CCN(c1ccccc1)S(=O)(=O)c1ccc(Cl)c(NC(=O)CSc2nnc(-c3cccs3)n2C[C@H]2CCCO2)c1. The fourth-order valence-corrected chi connectivity index (χ4v) is 7.56. The van der Waals surface area contributed by atoms with Gasteiger partial charge in [0.05, 0.1) is 44.6 Å².